The number of benzene rings is 2. The molecular formula is C22H23F3N4O2. The van der Waals surface area contributed by atoms with Crippen molar-refractivity contribution in [1.29, 1.82) is 0 Å². The van der Waals surface area contributed by atoms with Crippen molar-refractivity contribution in [1.82, 2.24) is 9.97 Å². The Morgan fingerprint density at radius 2 is 1.81 bits per heavy atom. The van der Waals surface area contributed by atoms with Gasteiger partial charge in [0, 0.05) is 24.7 Å². The smallest absolute Gasteiger partial charge is 0.199 e. The number of nitrogens with zero attached hydrogens (tertiary/aromatic N) is 3. The van der Waals surface area contributed by atoms with Gasteiger partial charge in [-0.05, 0) is 38.5 Å². The molecule has 0 radical (unpaired) electrons. The first kappa shape index (κ1) is 22.5. The average Bonchev–Trinajstić information content (AvgIpc) is 2.77. The van der Waals surface area contributed by atoms with E-state index in [1.165, 1.54) is 18.2 Å². The summed E-state index contributed by atoms with van der Waals surface area (Å²) in [6.07, 6.45) is 2.24. The second kappa shape index (κ2) is 9.74. The fourth-order valence-electron chi connectivity index (χ4n) is 3.10. The zero-order valence-electron chi connectivity index (χ0n) is 17.5. The van der Waals surface area contributed by atoms with Crippen LogP contribution < -0.4 is 10.4 Å². The molecule has 2 aromatic carbocycles. The number of nitrogens with one attached hydrogen (secondary N) is 1. The predicted octanol–water partition coefficient (Wildman–Crippen LogP) is 4.88. The van der Waals surface area contributed by atoms with Crippen LogP contribution in [0.3, 0.4) is 0 Å². The molecule has 6 nitrogen and oxygen atoms in total. The van der Waals surface area contributed by atoms with Crippen molar-refractivity contribution >= 4 is 28.3 Å². The van der Waals surface area contributed by atoms with Crippen LogP contribution in [-0.4, -0.2) is 35.4 Å². The molecule has 9 heteroatoms. The van der Waals surface area contributed by atoms with Gasteiger partial charge in [0.25, 0.3) is 0 Å². The summed E-state index contributed by atoms with van der Waals surface area (Å²) in [6.45, 7) is 7.42. The molecule has 0 unspecified atom stereocenters. The lowest BCUT2D eigenvalue weighted by molar-refractivity contribution is 0.103. The first-order chi connectivity index (χ1) is 14.9. The Hall–Kier alpha value is -3.20. The molecule has 1 N–H and O–H groups in total. The lowest BCUT2D eigenvalue weighted by Crippen LogP contribution is -2.23. The molecule has 0 fully saturated rings. The summed E-state index contributed by atoms with van der Waals surface area (Å²) >= 11 is 0. The molecule has 3 aromatic rings. The van der Waals surface area contributed by atoms with Crippen LogP contribution >= 0.6 is 0 Å². The maximum absolute atomic E-state index is 14.8. The summed E-state index contributed by atoms with van der Waals surface area (Å²) in [6, 6.07) is 4.91. The van der Waals surface area contributed by atoms with Crippen LogP contribution in [0, 0.1) is 17.5 Å². The molecule has 0 atom stereocenters. The Balaban J connectivity index is 2.03. The summed E-state index contributed by atoms with van der Waals surface area (Å²) in [5.41, 5.74) is 1.63. The second-order valence-corrected chi connectivity index (χ2v) is 6.79. The topological polar surface area (TPSA) is 67.3 Å². The summed E-state index contributed by atoms with van der Waals surface area (Å²) < 4.78 is 43.3. The van der Waals surface area contributed by atoms with Gasteiger partial charge in [0.2, 0.25) is 0 Å². The zero-order valence-corrected chi connectivity index (χ0v) is 17.5. The van der Waals surface area contributed by atoms with Crippen LogP contribution in [0.4, 0.5) is 24.7 Å². The summed E-state index contributed by atoms with van der Waals surface area (Å²) in [4.78, 5) is 28.7. The van der Waals surface area contributed by atoms with Crippen molar-refractivity contribution in [2.24, 2.45) is 0 Å². The van der Waals surface area contributed by atoms with Crippen LogP contribution in [0.25, 0.3) is 11.0 Å². The van der Waals surface area contributed by atoms with Gasteiger partial charge in [0.15, 0.2) is 23.2 Å². The molecular weight excluding hydrogens is 409 g/mol. The Labute approximate surface area is 178 Å². The van der Waals surface area contributed by atoms with Crippen molar-refractivity contribution in [3.63, 3.8) is 0 Å². The maximum Gasteiger partial charge on any atom is 0.199 e. The molecule has 0 bridgehead atoms. The van der Waals surface area contributed by atoms with Gasteiger partial charge in [-0.1, -0.05) is 6.92 Å². The number of ketones is 1. The number of carbonyl (C=O) groups excluding carboxylic acids is 1. The molecule has 0 aliphatic heterocycles. The third-order valence-electron chi connectivity index (χ3n) is 4.75. The largest absolute Gasteiger partial charge is 0.356 e. The van der Waals surface area contributed by atoms with Crippen LogP contribution in [-0.2, 0) is 4.84 Å². The lowest BCUT2D eigenvalue weighted by Gasteiger charge is -2.19. The highest BCUT2D eigenvalue weighted by Gasteiger charge is 2.26. The SMILES string of the molecule is CCCONc1cc(F)c(F)c(C(=O)c2ccc3ncc(N(CC)CC)nc3c2)c1F. The number of aromatic nitrogens is 2. The minimum Gasteiger partial charge on any atom is -0.356 e. The summed E-state index contributed by atoms with van der Waals surface area (Å²) in [5, 5.41) is 0. The van der Waals surface area contributed by atoms with E-state index in [-0.39, 0.29) is 12.2 Å². The minimum atomic E-state index is -1.56. The third kappa shape index (κ3) is 4.61. The quantitative estimate of drug-likeness (QED) is 0.225. The number of anilines is 2. The van der Waals surface area contributed by atoms with Crippen molar-refractivity contribution in [3.05, 3.63) is 59.0 Å². The third-order valence-corrected chi connectivity index (χ3v) is 4.75. The van der Waals surface area contributed by atoms with E-state index in [1.54, 1.807) is 6.20 Å². The minimum absolute atomic E-state index is 0.0395. The van der Waals surface area contributed by atoms with Crippen molar-refractivity contribution in [2.75, 3.05) is 30.1 Å². The maximum atomic E-state index is 14.8. The molecule has 0 aliphatic carbocycles. The molecule has 3 rings (SSSR count). The van der Waals surface area contributed by atoms with Crippen LogP contribution in [0.15, 0.2) is 30.5 Å². The molecule has 0 spiro atoms. The first-order valence-corrected chi connectivity index (χ1v) is 10.0. The van der Waals surface area contributed by atoms with E-state index in [9.17, 15) is 18.0 Å². The number of halogens is 3. The van der Waals surface area contributed by atoms with E-state index in [4.69, 9.17) is 4.84 Å². The highest BCUT2D eigenvalue weighted by Crippen LogP contribution is 2.27. The van der Waals surface area contributed by atoms with E-state index in [2.05, 4.69) is 15.4 Å². The Bertz CT molecular complexity index is 1100. The number of hydrogen-bond acceptors (Lipinski definition) is 6. The molecule has 0 amide bonds. The monoisotopic (exact) mass is 432 g/mol. The standard InChI is InChI=1S/C22H23F3N4O2/c1-4-9-31-28-17-11-14(23)20(24)19(21(17)25)22(30)13-7-8-15-16(10-13)27-18(12-26-15)29(5-2)6-3/h7-8,10-12,28H,4-6,9H2,1-3H3. The van der Waals surface area contributed by atoms with Gasteiger partial charge in [0.1, 0.15) is 11.5 Å². The van der Waals surface area contributed by atoms with Gasteiger partial charge >= 0.3 is 0 Å². The van der Waals surface area contributed by atoms with E-state index in [0.29, 0.717) is 42.4 Å². The average molecular weight is 432 g/mol. The molecule has 164 valence electrons. The van der Waals surface area contributed by atoms with E-state index in [0.717, 1.165) is 0 Å². The molecule has 0 saturated heterocycles. The zero-order chi connectivity index (χ0) is 22.5. The lowest BCUT2D eigenvalue weighted by atomic mass is 10.0. The fraction of sp³-hybridized carbons (Fsp3) is 0.318. The van der Waals surface area contributed by atoms with Gasteiger partial charge in [-0.25, -0.2) is 18.2 Å². The highest BCUT2D eigenvalue weighted by atomic mass is 19.2. The van der Waals surface area contributed by atoms with Crippen molar-refractivity contribution < 1.29 is 22.8 Å². The fourth-order valence-corrected chi connectivity index (χ4v) is 3.10. The number of rotatable bonds is 9. The Kier molecular flexibility index (Phi) is 7.06. The molecule has 0 saturated carbocycles. The van der Waals surface area contributed by atoms with Crippen LogP contribution in [0.2, 0.25) is 0 Å². The van der Waals surface area contributed by atoms with Crippen molar-refractivity contribution in [2.45, 2.75) is 27.2 Å². The van der Waals surface area contributed by atoms with Crippen LogP contribution in [0.5, 0.6) is 0 Å². The van der Waals surface area contributed by atoms with E-state index in [1.807, 2.05) is 25.7 Å². The second-order valence-electron chi connectivity index (χ2n) is 6.79. The summed E-state index contributed by atoms with van der Waals surface area (Å²) in [7, 11) is 0. The number of carbonyl (C=O) groups is 1. The summed E-state index contributed by atoms with van der Waals surface area (Å²) in [5.74, 6) is -4.55. The molecule has 1 aromatic heterocycles. The van der Waals surface area contributed by atoms with Gasteiger partial charge in [-0.15, -0.1) is 0 Å². The highest BCUT2D eigenvalue weighted by molar-refractivity contribution is 6.11. The number of hydrogen-bond donors (Lipinski definition) is 1. The molecule has 1 heterocycles. The van der Waals surface area contributed by atoms with Gasteiger partial charge < -0.3 is 4.90 Å². The molecule has 0 aliphatic rings. The Morgan fingerprint density at radius 1 is 1.06 bits per heavy atom. The van der Waals surface area contributed by atoms with Crippen LogP contribution in [0.1, 0.15) is 43.1 Å². The van der Waals surface area contributed by atoms with E-state index >= 15 is 0 Å². The normalized spacial score (nSPS) is 11.0. The number of fused-ring (bicyclic) bond motifs is 1. The van der Waals surface area contributed by atoms with Crippen molar-refractivity contribution in [3.8, 4) is 0 Å². The first-order valence-electron chi connectivity index (χ1n) is 10.0. The Morgan fingerprint density at radius 3 is 2.48 bits per heavy atom. The van der Waals surface area contributed by atoms with Gasteiger partial charge in [-0.2, -0.15) is 0 Å². The van der Waals surface area contributed by atoms with E-state index < -0.39 is 34.5 Å². The van der Waals surface area contributed by atoms with Gasteiger partial charge in [0.05, 0.1) is 29.4 Å². The van der Waals surface area contributed by atoms with Gasteiger partial charge in [-0.3, -0.25) is 20.1 Å². The molecule has 31 heavy (non-hydrogen) atoms. The predicted molar refractivity (Wildman–Crippen MR) is 113 cm³/mol.